The molecule has 0 bridgehead atoms. The van der Waals surface area contributed by atoms with E-state index >= 15 is 0 Å². The van der Waals surface area contributed by atoms with E-state index in [9.17, 15) is 4.79 Å². The summed E-state index contributed by atoms with van der Waals surface area (Å²) < 4.78 is 4.62. The zero-order valence-corrected chi connectivity index (χ0v) is 9.47. The molecule has 1 aromatic heterocycles. The molecule has 0 unspecified atom stereocenters. The van der Waals surface area contributed by atoms with E-state index in [1.165, 1.54) is 13.2 Å². The number of anilines is 2. The third-order valence-corrected chi connectivity index (χ3v) is 2.58. The Labute approximate surface area is 93.9 Å². The van der Waals surface area contributed by atoms with Crippen LogP contribution in [-0.2, 0) is 9.53 Å². The Morgan fingerprint density at radius 2 is 2.19 bits per heavy atom. The van der Waals surface area contributed by atoms with Gasteiger partial charge in [-0.15, -0.1) is 0 Å². The van der Waals surface area contributed by atoms with Gasteiger partial charge in [0.25, 0.3) is 0 Å². The lowest BCUT2D eigenvalue weighted by molar-refractivity contribution is -0.134. The van der Waals surface area contributed by atoms with Crippen LogP contribution in [0.25, 0.3) is 0 Å². The van der Waals surface area contributed by atoms with Crippen molar-refractivity contribution in [2.75, 3.05) is 31.0 Å². The van der Waals surface area contributed by atoms with Crippen LogP contribution in [0, 0.1) is 0 Å². The van der Waals surface area contributed by atoms with Crippen molar-refractivity contribution in [1.29, 1.82) is 0 Å². The van der Waals surface area contributed by atoms with Crippen LogP contribution in [0.4, 0.5) is 11.5 Å². The molecule has 0 amide bonds. The van der Waals surface area contributed by atoms with Gasteiger partial charge in [-0.1, -0.05) is 0 Å². The van der Waals surface area contributed by atoms with Crippen LogP contribution >= 0.6 is 0 Å². The number of fused-ring (bicyclic) bond motifs is 1. The zero-order chi connectivity index (χ0) is 11.7. The molecule has 0 aromatic carbocycles. The number of nitrogens with zero attached hydrogens (tertiary/aromatic N) is 3. The largest absolute Gasteiger partial charge is 0.466 e. The van der Waals surface area contributed by atoms with Crippen LogP contribution in [0.3, 0.4) is 0 Å². The maximum atomic E-state index is 11.2. The number of carbonyl (C=O) groups excluding carboxylic acids is 1. The summed E-state index contributed by atoms with van der Waals surface area (Å²) in [7, 11) is 5.11. The minimum Gasteiger partial charge on any atom is -0.466 e. The quantitative estimate of drug-likeness (QED) is 0.520. The molecule has 1 aromatic rings. The highest BCUT2D eigenvalue weighted by Crippen LogP contribution is 2.36. The second-order valence-corrected chi connectivity index (χ2v) is 3.49. The van der Waals surface area contributed by atoms with E-state index in [1.807, 2.05) is 36.0 Å². The Balaban J connectivity index is 2.42. The third-order valence-electron chi connectivity index (χ3n) is 2.58. The number of hydrogen-bond donors (Lipinski definition) is 0. The topological polar surface area (TPSA) is 45.7 Å². The van der Waals surface area contributed by atoms with E-state index in [0.717, 1.165) is 17.3 Å². The Kier molecular flexibility index (Phi) is 2.52. The maximum Gasteiger partial charge on any atom is 0.334 e. The van der Waals surface area contributed by atoms with Gasteiger partial charge in [0.2, 0.25) is 0 Å². The predicted octanol–water partition coefficient (Wildman–Crippen LogP) is 0.982. The van der Waals surface area contributed by atoms with Gasteiger partial charge >= 0.3 is 5.97 Å². The average molecular weight is 219 g/mol. The molecule has 5 heteroatoms. The summed E-state index contributed by atoms with van der Waals surface area (Å²) in [4.78, 5) is 19.3. The van der Waals surface area contributed by atoms with Gasteiger partial charge < -0.3 is 14.5 Å². The smallest absolute Gasteiger partial charge is 0.334 e. The van der Waals surface area contributed by atoms with Gasteiger partial charge in [-0.05, 0) is 12.1 Å². The van der Waals surface area contributed by atoms with Gasteiger partial charge in [-0.25, -0.2) is 9.78 Å². The van der Waals surface area contributed by atoms with E-state index in [4.69, 9.17) is 0 Å². The maximum absolute atomic E-state index is 11.2. The van der Waals surface area contributed by atoms with Crippen LogP contribution in [0.5, 0.6) is 0 Å². The molecule has 2 rings (SSSR count). The first-order valence-electron chi connectivity index (χ1n) is 4.87. The van der Waals surface area contributed by atoms with E-state index in [2.05, 4.69) is 9.72 Å². The molecule has 0 saturated carbocycles. The fourth-order valence-corrected chi connectivity index (χ4v) is 1.72. The van der Waals surface area contributed by atoms with Crippen LogP contribution in [0.2, 0.25) is 0 Å². The monoisotopic (exact) mass is 219 g/mol. The van der Waals surface area contributed by atoms with Crippen molar-refractivity contribution >= 4 is 17.5 Å². The summed E-state index contributed by atoms with van der Waals surface area (Å²) in [6, 6.07) is 3.82. The first-order valence-corrected chi connectivity index (χ1v) is 4.87. The Hall–Kier alpha value is -2.04. The van der Waals surface area contributed by atoms with Crippen LogP contribution in [0.1, 0.15) is 0 Å². The molecule has 1 aliphatic rings. The number of carbonyl (C=O) groups is 1. The summed E-state index contributed by atoms with van der Waals surface area (Å²) in [5, 5.41) is 0. The lowest BCUT2D eigenvalue weighted by Crippen LogP contribution is -2.23. The Bertz CT molecular complexity index is 425. The van der Waals surface area contributed by atoms with Crippen molar-refractivity contribution in [3.05, 3.63) is 30.2 Å². The number of pyridine rings is 1. The summed E-state index contributed by atoms with van der Waals surface area (Å²) in [6.07, 6.45) is 3.17. The molecule has 0 radical (unpaired) electrons. The van der Waals surface area contributed by atoms with Crippen LogP contribution in [-0.4, -0.2) is 32.2 Å². The number of ether oxygens (including phenoxy) is 1. The van der Waals surface area contributed by atoms with Crippen molar-refractivity contribution in [1.82, 2.24) is 4.98 Å². The molecule has 5 nitrogen and oxygen atoms in total. The van der Waals surface area contributed by atoms with Crippen molar-refractivity contribution in [3.8, 4) is 0 Å². The minimum atomic E-state index is -0.374. The second-order valence-electron chi connectivity index (χ2n) is 3.49. The first kappa shape index (κ1) is 10.5. The van der Waals surface area contributed by atoms with Crippen molar-refractivity contribution in [2.24, 2.45) is 0 Å². The Morgan fingerprint density at radius 1 is 1.44 bits per heavy atom. The van der Waals surface area contributed by atoms with Gasteiger partial charge in [0.05, 0.1) is 18.9 Å². The molecule has 2 heterocycles. The lowest BCUT2D eigenvalue weighted by Gasteiger charge is -2.16. The molecule has 16 heavy (non-hydrogen) atoms. The third kappa shape index (κ3) is 1.50. The second kappa shape index (κ2) is 3.84. The zero-order valence-electron chi connectivity index (χ0n) is 9.47. The van der Waals surface area contributed by atoms with Crippen LogP contribution < -0.4 is 9.80 Å². The average Bonchev–Trinajstić information content (AvgIpc) is 2.55. The van der Waals surface area contributed by atoms with E-state index in [0.29, 0.717) is 0 Å². The molecule has 0 spiro atoms. The van der Waals surface area contributed by atoms with Crippen molar-refractivity contribution in [3.63, 3.8) is 0 Å². The SMILES string of the molecule is COC(=O)/C=C1/N(C)c2cccnc2N1C. The molecule has 0 aliphatic carbocycles. The van der Waals surface area contributed by atoms with Gasteiger partial charge in [0.15, 0.2) is 5.82 Å². The van der Waals surface area contributed by atoms with Gasteiger partial charge in [-0.2, -0.15) is 0 Å². The molecule has 0 saturated heterocycles. The molecule has 0 N–H and O–H groups in total. The summed E-state index contributed by atoms with van der Waals surface area (Å²) in [6.45, 7) is 0. The normalized spacial score (nSPS) is 16.6. The number of methoxy groups -OCH3 is 1. The van der Waals surface area contributed by atoms with Crippen molar-refractivity contribution in [2.45, 2.75) is 0 Å². The molecule has 0 fully saturated rings. The predicted molar refractivity (Wildman–Crippen MR) is 61.1 cm³/mol. The molecule has 84 valence electrons. The summed E-state index contributed by atoms with van der Waals surface area (Å²) in [5.74, 6) is 1.21. The fraction of sp³-hybridized carbons (Fsp3) is 0.273. The number of aromatic nitrogens is 1. The molecular weight excluding hydrogens is 206 g/mol. The highest BCUT2D eigenvalue weighted by molar-refractivity contribution is 5.88. The highest BCUT2D eigenvalue weighted by Gasteiger charge is 2.27. The molecule has 0 atom stereocenters. The molecular formula is C11H13N3O2. The van der Waals surface area contributed by atoms with Crippen LogP contribution in [0.15, 0.2) is 30.2 Å². The fourth-order valence-electron chi connectivity index (χ4n) is 1.72. The van der Waals surface area contributed by atoms with Gasteiger partial charge in [-0.3, -0.25) is 0 Å². The molecule has 1 aliphatic heterocycles. The number of esters is 1. The van der Waals surface area contributed by atoms with E-state index in [1.54, 1.807) is 6.20 Å². The van der Waals surface area contributed by atoms with Gasteiger partial charge in [0.1, 0.15) is 5.82 Å². The van der Waals surface area contributed by atoms with E-state index in [-0.39, 0.29) is 5.97 Å². The summed E-state index contributed by atoms with van der Waals surface area (Å²) in [5.41, 5.74) is 0.972. The number of hydrogen-bond acceptors (Lipinski definition) is 5. The lowest BCUT2D eigenvalue weighted by atomic mass is 10.4. The summed E-state index contributed by atoms with van der Waals surface area (Å²) >= 11 is 0. The van der Waals surface area contributed by atoms with E-state index < -0.39 is 0 Å². The number of rotatable bonds is 1. The Morgan fingerprint density at radius 3 is 2.81 bits per heavy atom. The van der Waals surface area contributed by atoms with Gasteiger partial charge in [0, 0.05) is 20.3 Å². The highest BCUT2D eigenvalue weighted by atomic mass is 16.5. The minimum absolute atomic E-state index is 0.374. The standard InChI is InChI=1S/C11H13N3O2/c1-13-8-5-4-6-12-11(8)14(2)9(13)7-10(15)16-3/h4-7H,1-3H3/b9-7-. The van der Waals surface area contributed by atoms with Crippen molar-refractivity contribution < 1.29 is 9.53 Å². The first-order chi connectivity index (χ1) is 7.65.